The van der Waals surface area contributed by atoms with Gasteiger partial charge in [-0.05, 0) is 55.7 Å². The van der Waals surface area contributed by atoms with Crippen molar-refractivity contribution in [3.8, 4) is 5.69 Å². The van der Waals surface area contributed by atoms with Crippen LogP contribution in [0.15, 0.2) is 18.2 Å². The molecule has 1 aliphatic rings. The molecule has 0 spiro atoms. The zero-order valence-electron chi connectivity index (χ0n) is 19.7. The molecule has 3 rings (SSSR count). The van der Waals surface area contributed by atoms with Crippen LogP contribution in [-0.2, 0) is 12.8 Å². The number of benzene rings is 1. The number of halogens is 4. The summed E-state index contributed by atoms with van der Waals surface area (Å²) in [6.45, 7) is 3.75. The van der Waals surface area contributed by atoms with Crippen molar-refractivity contribution >= 4 is 11.8 Å². The fourth-order valence-corrected chi connectivity index (χ4v) is 4.33. The fraction of sp³-hybridized carbons (Fsp3) is 0.542. The Kier molecular flexibility index (Phi) is 7.88. The third-order valence-electron chi connectivity index (χ3n) is 6.44. The molecular weight excluding hydrogens is 468 g/mol. The van der Waals surface area contributed by atoms with Crippen LogP contribution in [0.3, 0.4) is 0 Å². The number of imidazole rings is 1. The Morgan fingerprint density at radius 3 is 2.49 bits per heavy atom. The summed E-state index contributed by atoms with van der Waals surface area (Å²) in [4.78, 5) is 29.5. The third-order valence-corrected chi connectivity index (χ3v) is 6.44. The summed E-state index contributed by atoms with van der Waals surface area (Å²) >= 11 is 0. The number of nitrogens with zero attached hydrogens (tertiary/aromatic N) is 2. The van der Waals surface area contributed by atoms with Gasteiger partial charge in [0.15, 0.2) is 5.69 Å². The zero-order chi connectivity index (χ0) is 26.0. The SMILES string of the molecule is CCc1nc(C(=O)NCC2(O)CCC(C)CC2)c(C(N)=O)n1-c1ccc(CCC(F)(F)F)cc1F. The Hall–Kier alpha value is -2.95. The summed E-state index contributed by atoms with van der Waals surface area (Å²) in [7, 11) is 0. The van der Waals surface area contributed by atoms with E-state index in [9.17, 15) is 32.3 Å². The molecule has 0 bridgehead atoms. The number of hydrogen-bond acceptors (Lipinski definition) is 4. The second kappa shape index (κ2) is 10.3. The van der Waals surface area contributed by atoms with Crippen LogP contribution in [0, 0.1) is 11.7 Å². The van der Waals surface area contributed by atoms with Crippen LogP contribution in [-0.4, -0.2) is 44.8 Å². The number of aliphatic hydroxyl groups is 1. The lowest BCUT2D eigenvalue weighted by Gasteiger charge is -2.34. The van der Waals surface area contributed by atoms with Gasteiger partial charge in [-0.25, -0.2) is 9.37 Å². The molecule has 2 aromatic rings. The number of nitrogens with two attached hydrogens (primary N) is 1. The molecular formula is C24H30F4N4O3. The first kappa shape index (κ1) is 26.7. The predicted molar refractivity (Wildman–Crippen MR) is 121 cm³/mol. The topological polar surface area (TPSA) is 110 Å². The van der Waals surface area contributed by atoms with E-state index < -0.39 is 42.3 Å². The summed E-state index contributed by atoms with van der Waals surface area (Å²) in [5.41, 5.74) is 3.81. The van der Waals surface area contributed by atoms with E-state index in [1.54, 1.807) is 6.92 Å². The number of amides is 2. The quantitative estimate of drug-likeness (QED) is 0.481. The minimum Gasteiger partial charge on any atom is -0.388 e. The van der Waals surface area contributed by atoms with Crippen LogP contribution in [0.25, 0.3) is 5.69 Å². The highest BCUT2D eigenvalue weighted by Crippen LogP contribution is 2.31. The fourth-order valence-electron chi connectivity index (χ4n) is 4.33. The maximum atomic E-state index is 15.0. The number of aromatic nitrogens is 2. The molecule has 11 heteroatoms. The highest BCUT2D eigenvalue weighted by molar-refractivity contribution is 6.05. The number of aryl methyl sites for hydroxylation is 2. The second-order valence-electron chi connectivity index (χ2n) is 9.27. The lowest BCUT2D eigenvalue weighted by atomic mass is 9.79. The van der Waals surface area contributed by atoms with Gasteiger partial charge in [-0.2, -0.15) is 13.2 Å². The molecule has 1 saturated carbocycles. The van der Waals surface area contributed by atoms with Gasteiger partial charge < -0.3 is 16.2 Å². The number of carbonyl (C=O) groups is 2. The van der Waals surface area contributed by atoms with Crippen molar-refractivity contribution < 1.29 is 32.3 Å². The molecule has 7 nitrogen and oxygen atoms in total. The molecule has 1 heterocycles. The van der Waals surface area contributed by atoms with E-state index in [0.717, 1.165) is 23.5 Å². The molecule has 192 valence electrons. The molecule has 0 radical (unpaired) electrons. The molecule has 1 aromatic carbocycles. The summed E-state index contributed by atoms with van der Waals surface area (Å²) in [5, 5.41) is 13.4. The van der Waals surface area contributed by atoms with Crippen LogP contribution in [0.2, 0.25) is 0 Å². The average molecular weight is 499 g/mol. The van der Waals surface area contributed by atoms with Crippen molar-refractivity contribution in [3.63, 3.8) is 0 Å². The molecule has 0 unspecified atom stereocenters. The smallest absolute Gasteiger partial charge is 0.388 e. The number of hydrogen-bond donors (Lipinski definition) is 3. The van der Waals surface area contributed by atoms with Gasteiger partial charge >= 0.3 is 6.18 Å². The summed E-state index contributed by atoms with van der Waals surface area (Å²) in [6, 6.07) is 3.53. The summed E-state index contributed by atoms with van der Waals surface area (Å²) in [6.07, 6.45) is -2.96. The van der Waals surface area contributed by atoms with Gasteiger partial charge in [-0.15, -0.1) is 0 Å². The molecule has 35 heavy (non-hydrogen) atoms. The van der Waals surface area contributed by atoms with Gasteiger partial charge in [0.2, 0.25) is 0 Å². The molecule has 0 saturated heterocycles. The Morgan fingerprint density at radius 1 is 1.29 bits per heavy atom. The predicted octanol–water partition coefficient (Wildman–Crippen LogP) is 3.84. The van der Waals surface area contributed by atoms with E-state index in [1.807, 2.05) is 0 Å². The number of carbonyl (C=O) groups excluding carboxylic acids is 2. The minimum atomic E-state index is -4.38. The average Bonchev–Trinajstić information content (AvgIpc) is 3.18. The first-order chi connectivity index (χ1) is 16.3. The van der Waals surface area contributed by atoms with Gasteiger partial charge in [-0.3, -0.25) is 14.2 Å². The third kappa shape index (κ3) is 6.39. The van der Waals surface area contributed by atoms with E-state index in [0.29, 0.717) is 18.8 Å². The molecule has 0 aliphatic heterocycles. The number of nitrogens with one attached hydrogen (secondary N) is 1. The first-order valence-corrected chi connectivity index (χ1v) is 11.6. The van der Waals surface area contributed by atoms with Crippen LogP contribution in [0.5, 0.6) is 0 Å². The van der Waals surface area contributed by atoms with Crippen molar-refractivity contribution in [1.29, 1.82) is 0 Å². The highest BCUT2D eigenvalue weighted by atomic mass is 19.4. The standard InChI is InChI=1S/C24H30F4N4O3/c1-3-18-31-19(22(34)30-13-23(35)9-6-14(2)7-10-23)20(21(29)33)32(18)17-5-4-15(12-16(17)25)8-11-24(26,27)28/h4-5,12,14,35H,3,6-11,13H2,1-2H3,(H2,29,33)(H,30,34). The summed E-state index contributed by atoms with van der Waals surface area (Å²) in [5.74, 6) is -1.97. The number of rotatable bonds is 8. The van der Waals surface area contributed by atoms with E-state index in [1.165, 1.54) is 12.1 Å². The van der Waals surface area contributed by atoms with E-state index in [4.69, 9.17) is 5.73 Å². The van der Waals surface area contributed by atoms with Gasteiger partial charge in [0.25, 0.3) is 11.8 Å². The monoisotopic (exact) mass is 498 g/mol. The van der Waals surface area contributed by atoms with Crippen molar-refractivity contribution in [1.82, 2.24) is 14.9 Å². The minimum absolute atomic E-state index is 0.0344. The normalized spacial score (nSPS) is 20.6. The maximum absolute atomic E-state index is 15.0. The van der Waals surface area contributed by atoms with Crippen LogP contribution in [0.4, 0.5) is 17.6 Å². The van der Waals surface area contributed by atoms with Gasteiger partial charge in [-0.1, -0.05) is 19.9 Å². The highest BCUT2D eigenvalue weighted by Gasteiger charge is 2.34. The van der Waals surface area contributed by atoms with E-state index in [2.05, 4.69) is 17.2 Å². The van der Waals surface area contributed by atoms with Gasteiger partial charge in [0, 0.05) is 19.4 Å². The lowest BCUT2D eigenvalue weighted by Crippen LogP contribution is -2.45. The molecule has 4 N–H and O–H groups in total. The lowest BCUT2D eigenvalue weighted by molar-refractivity contribution is -0.134. The molecule has 1 aromatic heterocycles. The van der Waals surface area contributed by atoms with Gasteiger partial charge in [0.05, 0.1) is 11.3 Å². The molecule has 1 aliphatic carbocycles. The van der Waals surface area contributed by atoms with Gasteiger partial charge in [0.1, 0.15) is 17.3 Å². The Balaban J connectivity index is 1.90. The maximum Gasteiger partial charge on any atom is 0.389 e. The molecule has 0 atom stereocenters. The van der Waals surface area contributed by atoms with Crippen molar-refractivity contribution in [2.45, 2.75) is 70.6 Å². The Morgan fingerprint density at radius 2 is 1.94 bits per heavy atom. The van der Waals surface area contributed by atoms with Crippen LogP contribution >= 0.6 is 0 Å². The van der Waals surface area contributed by atoms with Crippen molar-refractivity contribution in [2.24, 2.45) is 11.7 Å². The van der Waals surface area contributed by atoms with Crippen LogP contribution in [0.1, 0.15) is 78.3 Å². The number of alkyl halides is 3. The number of primary amides is 1. The van der Waals surface area contributed by atoms with Crippen LogP contribution < -0.4 is 11.1 Å². The first-order valence-electron chi connectivity index (χ1n) is 11.6. The summed E-state index contributed by atoms with van der Waals surface area (Å²) < 4.78 is 53.7. The zero-order valence-corrected chi connectivity index (χ0v) is 19.7. The second-order valence-corrected chi connectivity index (χ2v) is 9.27. The van der Waals surface area contributed by atoms with E-state index in [-0.39, 0.29) is 41.4 Å². The van der Waals surface area contributed by atoms with E-state index >= 15 is 0 Å². The Bertz CT molecular complexity index is 1090. The molecule has 1 fully saturated rings. The van der Waals surface area contributed by atoms with Crippen molar-refractivity contribution in [3.05, 3.63) is 46.8 Å². The Labute approximate surface area is 200 Å². The largest absolute Gasteiger partial charge is 0.389 e. The molecule has 2 amide bonds. The van der Waals surface area contributed by atoms with Crippen molar-refractivity contribution in [2.75, 3.05) is 6.54 Å².